The van der Waals surface area contributed by atoms with Crippen LogP contribution in [-0.4, -0.2) is 37.5 Å². The number of sulfonamides is 1. The minimum Gasteiger partial charge on any atom is -0.308 e. The molecule has 1 heterocycles. The molecular weight excluding hydrogens is 372 g/mol. The van der Waals surface area contributed by atoms with Crippen molar-refractivity contribution in [3.8, 4) is 0 Å². The number of nitrogens with zero attached hydrogens (tertiary/aromatic N) is 2. The summed E-state index contributed by atoms with van der Waals surface area (Å²) in [5.41, 5.74) is 2.63. The topological polar surface area (TPSA) is 57.7 Å². The van der Waals surface area contributed by atoms with Crippen LogP contribution in [0, 0.1) is 0 Å². The van der Waals surface area contributed by atoms with Crippen molar-refractivity contribution in [2.45, 2.75) is 25.9 Å². The van der Waals surface area contributed by atoms with Gasteiger partial charge in [-0.15, -0.1) is 0 Å². The molecule has 0 fully saturated rings. The molecule has 0 radical (unpaired) electrons. The van der Waals surface area contributed by atoms with Crippen LogP contribution in [0.15, 0.2) is 48.5 Å². The van der Waals surface area contributed by atoms with Gasteiger partial charge < -0.3 is 4.90 Å². The van der Waals surface area contributed by atoms with Gasteiger partial charge >= 0.3 is 0 Å². The van der Waals surface area contributed by atoms with Crippen LogP contribution in [0.4, 0.5) is 5.69 Å². The number of rotatable bonds is 5. The van der Waals surface area contributed by atoms with E-state index < -0.39 is 10.0 Å². The Hall–Kier alpha value is -1.89. The molecule has 1 aliphatic rings. The number of halogens is 1. The molecule has 0 unspecified atom stereocenters. The molecule has 5 nitrogen and oxygen atoms in total. The highest BCUT2D eigenvalue weighted by molar-refractivity contribution is 7.88. The zero-order valence-electron chi connectivity index (χ0n) is 14.7. The van der Waals surface area contributed by atoms with Crippen LogP contribution in [-0.2, 0) is 27.8 Å². The van der Waals surface area contributed by atoms with Crippen molar-refractivity contribution in [1.29, 1.82) is 0 Å². The minimum atomic E-state index is -3.57. The number of fused-ring (bicyclic) bond motifs is 1. The lowest BCUT2D eigenvalue weighted by atomic mass is 10.1. The van der Waals surface area contributed by atoms with Crippen LogP contribution < -0.4 is 4.90 Å². The lowest BCUT2D eigenvalue weighted by molar-refractivity contribution is -0.119. The molecule has 0 saturated carbocycles. The third kappa shape index (κ3) is 3.92. The number of para-hydroxylation sites is 1. The van der Waals surface area contributed by atoms with Crippen LogP contribution in [0.2, 0.25) is 5.02 Å². The number of amides is 1. The molecule has 0 aliphatic carbocycles. The van der Waals surface area contributed by atoms with Crippen molar-refractivity contribution in [3.63, 3.8) is 0 Å². The molecule has 1 atom stereocenters. The van der Waals surface area contributed by atoms with Crippen LogP contribution in [0.25, 0.3) is 0 Å². The average molecular weight is 393 g/mol. The van der Waals surface area contributed by atoms with E-state index in [9.17, 15) is 13.2 Å². The highest BCUT2D eigenvalue weighted by Crippen LogP contribution is 2.32. The summed E-state index contributed by atoms with van der Waals surface area (Å²) in [6.07, 6.45) is 1.88. The molecule has 0 spiro atoms. The monoisotopic (exact) mass is 392 g/mol. The van der Waals surface area contributed by atoms with E-state index in [1.165, 1.54) is 4.31 Å². The predicted octanol–water partition coefficient (Wildman–Crippen LogP) is 3.08. The first-order chi connectivity index (χ1) is 12.3. The first kappa shape index (κ1) is 18.9. The van der Waals surface area contributed by atoms with E-state index >= 15 is 0 Å². The first-order valence-electron chi connectivity index (χ1n) is 8.36. The Morgan fingerprint density at radius 3 is 2.54 bits per heavy atom. The van der Waals surface area contributed by atoms with Crippen LogP contribution in [0.3, 0.4) is 0 Å². The van der Waals surface area contributed by atoms with Gasteiger partial charge in [-0.05, 0) is 36.6 Å². The van der Waals surface area contributed by atoms with E-state index in [4.69, 9.17) is 11.6 Å². The van der Waals surface area contributed by atoms with E-state index in [1.54, 1.807) is 29.2 Å². The van der Waals surface area contributed by atoms with Gasteiger partial charge in [0.25, 0.3) is 0 Å². The number of carbonyl (C=O) groups excluding carboxylic acids is 1. The Bertz CT molecular complexity index is 930. The first-order valence-corrected chi connectivity index (χ1v) is 10.6. The molecule has 2 aromatic rings. The van der Waals surface area contributed by atoms with Crippen molar-refractivity contribution < 1.29 is 13.2 Å². The normalized spacial score (nSPS) is 16.8. The second-order valence-corrected chi connectivity index (χ2v) is 8.96. The van der Waals surface area contributed by atoms with Crippen LogP contribution in [0.1, 0.15) is 18.1 Å². The molecule has 1 aliphatic heterocycles. The van der Waals surface area contributed by atoms with Gasteiger partial charge in [0, 0.05) is 23.3 Å². The Morgan fingerprint density at radius 2 is 1.85 bits per heavy atom. The van der Waals surface area contributed by atoms with Gasteiger partial charge in [-0.3, -0.25) is 4.79 Å². The van der Waals surface area contributed by atoms with Gasteiger partial charge in [-0.25, -0.2) is 8.42 Å². The lowest BCUT2D eigenvalue weighted by Gasteiger charge is -2.27. The molecule has 0 saturated heterocycles. The summed E-state index contributed by atoms with van der Waals surface area (Å²) >= 11 is 6.16. The summed E-state index contributed by atoms with van der Waals surface area (Å²) in [7, 11) is -3.57. The largest absolute Gasteiger partial charge is 0.308 e. The van der Waals surface area contributed by atoms with Crippen LogP contribution in [0.5, 0.6) is 0 Å². The van der Waals surface area contributed by atoms with Crippen molar-refractivity contribution >= 4 is 33.2 Å². The molecule has 0 bridgehead atoms. The Kier molecular flexibility index (Phi) is 5.37. The third-order valence-corrected chi connectivity index (χ3v) is 6.13. The Morgan fingerprint density at radius 1 is 1.19 bits per heavy atom. The van der Waals surface area contributed by atoms with E-state index in [2.05, 4.69) is 0 Å². The van der Waals surface area contributed by atoms with E-state index in [1.807, 2.05) is 31.2 Å². The van der Waals surface area contributed by atoms with E-state index in [0.717, 1.165) is 23.9 Å². The van der Waals surface area contributed by atoms with Crippen molar-refractivity contribution in [2.24, 2.45) is 0 Å². The molecule has 7 heteroatoms. The Labute approximate surface area is 159 Å². The van der Waals surface area contributed by atoms with Gasteiger partial charge in [0.15, 0.2) is 0 Å². The van der Waals surface area contributed by atoms with E-state index in [0.29, 0.717) is 10.6 Å². The maximum absolute atomic E-state index is 12.9. The van der Waals surface area contributed by atoms with Gasteiger partial charge in [-0.1, -0.05) is 48.0 Å². The number of hydrogen-bond donors (Lipinski definition) is 0. The molecule has 0 aromatic heterocycles. The van der Waals surface area contributed by atoms with Gasteiger partial charge in [-0.2, -0.15) is 4.31 Å². The summed E-state index contributed by atoms with van der Waals surface area (Å²) in [5, 5.41) is 0.480. The smallest absolute Gasteiger partial charge is 0.242 e. The fourth-order valence-corrected chi connectivity index (χ4v) is 4.19. The zero-order chi connectivity index (χ0) is 18.9. The van der Waals surface area contributed by atoms with Gasteiger partial charge in [0.2, 0.25) is 15.9 Å². The molecule has 26 heavy (non-hydrogen) atoms. The standard InChI is InChI=1S/C19H21ClN2O3S/c1-14-11-15-7-4-6-10-18(15)22(14)19(23)13-21(26(2,24)25)12-16-8-3-5-9-17(16)20/h3-10,14H,11-13H2,1-2H3/t14-/m1/s1. The van der Waals surface area contributed by atoms with Crippen molar-refractivity contribution in [3.05, 3.63) is 64.7 Å². The second-order valence-electron chi connectivity index (χ2n) is 6.57. The quantitative estimate of drug-likeness (QED) is 0.785. The fourth-order valence-electron chi connectivity index (χ4n) is 3.28. The molecular formula is C19H21ClN2O3S. The third-order valence-electron chi connectivity index (χ3n) is 4.56. The maximum Gasteiger partial charge on any atom is 0.242 e. The molecule has 1 amide bonds. The number of hydrogen-bond acceptors (Lipinski definition) is 3. The molecule has 2 aromatic carbocycles. The molecule has 138 valence electrons. The summed E-state index contributed by atoms with van der Waals surface area (Å²) in [6.45, 7) is 1.81. The summed E-state index contributed by atoms with van der Waals surface area (Å²) in [4.78, 5) is 14.6. The van der Waals surface area contributed by atoms with Crippen molar-refractivity contribution in [1.82, 2.24) is 4.31 Å². The van der Waals surface area contributed by atoms with Crippen LogP contribution >= 0.6 is 11.6 Å². The summed E-state index contributed by atoms with van der Waals surface area (Å²) in [6, 6.07) is 14.8. The molecule has 0 N–H and O–H groups in total. The zero-order valence-corrected chi connectivity index (χ0v) is 16.3. The second kappa shape index (κ2) is 7.39. The fraction of sp³-hybridized carbons (Fsp3) is 0.316. The van der Waals surface area contributed by atoms with Crippen molar-refractivity contribution in [2.75, 3.05) is 17.7 Å². The highest BCUT2D eigenvalue weighted by Gasteiger charge is 2.33. The minimum absolute atomic E-state index is 0.00150. The van der Waals surface area contributed by atoms with E-state index in [-0.39, 0.29) is 25.0 Å². The van der Waals surface area contributed by atoms with Gasteiger partial charge in [0.05, 0.1) is 12.8 Å². The van der Waals surface area contributed by atoms with Gasteiger partial charge in [0.1, 0.15) is 0 Å². The lowest BCUT2D eigenvalue weighted by Crippen LogP contribution is -2.44. The average Bonchev–Trinajstić information content (AvgIpc) is 2.91. The molecule has 3 rings (SSSR count). The highest BCUT2D eigenvalue weighted by atomic mass is 35.5. The SMILES string of the molecule is C[C@@H]1Cc2ccccc2N1C(=O)CN(Cc1ccccc1Cl)S(C)(=O)=O. The number of anilines is 1. The number of benzene rings is 2. The maximum atomic E-state index is 12.9. The summed E-state index contributed by atoms with van der Waals surface area (Å²) in [5.74, 6) is -0.236. The Balaban J connectivity index is 1.84. The summed E-state index contributed by atoms with van der Waals surface area (Å²) < 4.78 is 25.6. The predicted molar refractivity (Wildman–Crippen MR) is 104 cm³/mol. The number of carbonyl (C=O) groups is 1.